The molecule has 0 bridgehead atoms. The summed E-state index contributed by atoms with van der Waals surface area (Å²) >= 11 is 0. The summed E-state index contributed by atoms with van der Waals surface area (Å²) < 4.78 is 5.69. The van der Waals surface area contributed by atoms with E-state index in [9.17, 15) is 5.11 Å². The maximum Gasteiger partial charge on any atom is 0.0900 e. The van der Waals surface area contributed by atoms with Crippen molar-refractivity contribution in [2.24, 2.45) is 5.92 Å². The van der Waals surface area contributed by atoms with Crippen LogP contribution < -0.4 is 0 Å². The summed E-state index contributed by atoms with van der Waals surface area (Å²) in [7, 11) is 0. The summed E-state index contributed by atoms with van der Waals surface area (Å²) in [5.74, 6) is 0.570. The van der Waals surface area contributed by atoms with Crippen molar-refractivity contribution < 1.29 is 9.84 Å². The van der Waals surface area contributed by atoms with E-state index in [1.54, 1.807) is 0 Å². The van der Waals surface area contributed by atoms with Crippen molar-refractivity contribution in [2.45, 2.75) is 59.8 Å². The highest BCUT2D eigenvalue weighted by molar-refractivity contribution is 5.22. The van der Waals surface area contributed by atoms with E-state index in [1.807, 2.05) is 20.8 Å². The molecule has 0 saturated heterocycles. The van der Waals surface area contributed by atoms with E-state index >= 15 is 0 Å². The molecule has 0 amide bonds. The summed E-state index contributed by atoms with van der Waals surface area (Å²) in [6.45, 7) is 15.4. The molecule has 1 atom stereocenters. The van der Waals surface area contributed by atoms with Gasteiger partial charge in [-0.05, 0) is 39.2 Å². The van der Waals surface area contributed by atoms with Crippen LogP contribution in [0.25, 0.3) is 0 Å². The van der Waals surface area contributed by atoms with Crippen molar-refractivity contribution in [3.63, 3.8) is 0 Å². The molecular formula is C19H33NO2. The van der Waals surface area contributed by atoms with Crippen LogP contribution in [0.1, 0.15) is 45.7 Å². The summed E-state index contributed by atoms with van der Waals surface area (Å²) in [6.07, 6.45) is -0.456. The molecule has 0 aliphatic heterocycles. The minimum absolute atomic E-state index is 0.208. The fourth-order valence-corrected chi connectivity index (χ4v) is 2.49. The number of aliphatic hydroxyl groups excluding tert-OH is 1. The number of ether oxygens (including phenoxy) is 1. The third kappa shape index (κ3) is 8.52. The van der Waals surface area contributed by atoms with E-state index in [4.69, 9.17) is 4.74 Å². The second kappa shape index (κ2) is 8.66. The van der Waals surface area contributed by atoms with Gasteiger partial charge in [-0.15, -0.1) is 0 Å². The Morgan fingerprint density at radius 3 is 2.41 bits per heavy atom. The van der Waals surface area contributed by atoms with Crippen LogP contribution in [0, 0.1) is 12.8 Å². The summed E-state index contributed by atoms with van der Waals surface area (Å²) in [5.41, 5.74) is 2.36. The number of hydrogen-bond donors (Lipinski definition) is 1. The first kappa shape index (κ1) is 19.1. The van der Waals surface area contributed by atoms with Crippen LogP contribution in [0.5, 0.6) is 0 Å². The predicted octanol–water partition coefficient (Wildman–Crippen LogP) is 3.63. The molecule has 0 aromatic heterocycles. The number of aliphatic hydroxyl groups is 1. The lowest BCUT2D eigenvalue weighted by molar-refractivity contribution is -0.0573. The monoisotopic (exact) mass is 307 g/mol. The van der Waals surface area contributed by atoms with Crippen LogP contribution in [-0.2, 0) is 11.3 Å². The molecule has 0 saturated carbocycles. The summed E-state index contributed by atoms with van der Waals surface area (Å²) in [6, 6.07) is 8.57. The lowest BCUT2D eigenvalue weighted by Crippen LogP contribution is -2.38. The smallest absolute Gasteiger partial charge is 0.0900 e. The Balaban J connectivity index is 2.60. The highest BCUT2D eigenvalue weighted by Gasteiger charge is 2.17. The van der Waals surface area contributed by atoms with Crippen molar-refractivity contribution in [3.05, 3.63) is 35.4 Å². The van der Waals surface area contributed by atoms with E-state index in [-0.39, 0.29) is 5.60 Å². The molecular weight excluding hydrogens is 274 g/mol. The van der Waals surface area contributed by atoms with Crippen molar-refractivity contribution in [1.29, 1.82) is 0 Å². The average Bonchev–Trinajstić information content (AvgIpc) is 2.34. The fraction of sp³-hybridized carbons (Fsp3) is 0.684. The Labute approximate surface area is 136 Å². The topological polar surface area (TPSA) is 32.7 Å². The maximum absolute atomic E-state index is 10.3. The second-order valence-corrected chi connectivity index (χ2v) is 7.65. The van der Waals surface area contributed by atoms with E-state index in [0.29, 0.717) is 19.1 Å². The van der Waals surface area contributed by atoms with Gasteiger partial charge in [-0.3, -0.25) is 4.90 Å². The molecule has 0 spiro atoms. The molecule has 0 aliphatic rings. The first-order valence-electron chi connectivity index (χ1n) is 8.25. The van der Waals surface area contributed by atoms with Gasteiger partial charge >= 0.3 is 0 Å². The molecule has 3 nitrogen and oxygen atoms in total. The molecule has 22 heavy (non-hydrogen) atoms. The molecule has 1 unspecified atom stereocenters. The zero-order valence-electron chi connectivity index (χ0n) is 15.1. The van der Waals surface area contributed by atoms with Gasteiger partial charge in [0.2, 0.25) is 0 Å². The lowest BCUT2D eigenvalue weighted by Gasteiger charge is -2.28. The normalized spacial score (nSPS) is 13.9. The van der Waals surface area contributed by atoms with Crippen LogP contribution in [0.3, 0.4) is 0 Å². The molecule has 1 aromatic carbocycles. The van der Waals surface area contributed by atoms with Crippen molar-refractivity contribution >= 4 is 0 Å². The minimum Gasteiger partial charge on any atom is -0.389 e. The Kier molecular flexibility index (Phi) is 7.54. The zero-order chi connectivity index (χ0) is 16.8. The SMILES string of the molecule is Cc1cccc(CN(CC(C)C)CC(O)COC(C)(C)C)c1. The molecule has 0 radical (unpaired) electrons. The molecule has 0 heterocycles. The number of benzene rings is 1. The fourth-order valence-electron chi connectivity index (χ4n) is 2.49. The second-order valence-electron chi connectivity index (χ2n) is 7.65. The number of aryl methyl sites for hydroxylation is 1. The Morgan fingerprint density at radius 1 is 1.18 bits per heavy atom. The van der Waals surface area contributed by atoms with Gasteiger partial charge in [-0.2, -0.15) is 0 Å². The van der Waals surface area contributed by atoms with Crippen LogP contribution >= 0.6 is 0 Å². The lowest BCUT2D eigenvalue weighted by atomic mass is 10.1. The van der Waals surface area contributed by atoms with Gasteiger partial charge in [0.1, 0.15) is 0 Å². The first-order chi connectivity index (χ1) is 10.2. The van der Waals surface area contributed by atoms with Crippen LogP contribution in [-0.4, -0.2) is 41.4 Å². The van der Waals surface area contributed by atoms with Gasteiger partial charge in [0.05, 0.1) is 18.3 Å². The first-order valence-corrected chi connectivity index (χ1v) is 8.25. The Morgan fingerprint density at radius 2 is 1.86 bits per heavy atom. The zero-order valence-corrected chi connectivity index (χ0v) is 15.1. The quantitative estimate of drug-likeness (QED) is 0.796. The van der Waals surface area contributed by atoms with E-state index in [2.05, 4.69) is 49.9 Å². The third-order valence-corrected chi connectivity index (χ3v) is 3.29. The van der Waals surface area contributed by atoms with Gasteiger partial charge in [0, 0.05) is 19.6 Å². The van der Waals surface area contributed by atoms with Gasteiger partial charge in [-0.1, -0.05) is 43.7 Å². The van der Waals surface area contributed by atoms with E-state index < -0.39 is 6.10 Å². The standard InChI is InChI=1S/C19H33NO2/c1-15(2)11-20(12-17-9-7-8-16(3)10-17)13-18(21)14-22-19(4,5)6/h7-10,15,18,21H,11-14H2,1-6H3. The van der Waals surface area contributed by atoms with Gasteiger partial charge < -0.3 is 9.84 Å². The Bertz CT molecular complexity index is 437. The molecule has 126 valence electrons. The van der Waals surface area contributed by atoms with Gasteiger partial charge in [-0.25, -0.2) is 0 Å². The highest BCUT2D eigenvalue weighted by Crippen LogP contribution is 2.12. The van der Waals surface area contributed by atoms with Gasteiger partial charge in [0.25, 0.3) is 0 Å². The average molecular weight is 307 g/mol. The molecule has 0 aliphatic carbocycles. The van der Waals surface area contributed by atoms with Crippen LogP contribution in [0.4, 0.5) is 0 Å². The number of nitrogens with zero attached hydrogens (tertiary/aromatic N) is 1. The predicted molar refractivity (Wildman–Crippen MR) is 93.0 cm³/mol. The highest BCUT2D eigenvalue weighted by atomic mass is 16.5. The van der Waals surface area contributed by atoms with E-state index in [0.717, 1.165) is 13.1 Å². The number of rotatable bonds is 8. The van der Waals surface area contributed by atoms with Crippen LogP contribution in [0.15, 0.2) is 24.3 Å². The summed E-state index contributed by atoms with van der Waals surface area (Å²) in [5, 5.41) is 10.3. The third-order valence-electron chi connectivity index (χ3n) is 3.29. The van der Waals surface area contributed by atoms with Crippen molar-refractivity contribution in [2.75, 3.05) is 19.7 Å². The van der Waals surface area contributed by atoms with Crippen molar-refractivity contribution in [1.82, 2.24) is 4.90 Å². The van der Waals surface area contributed by atoms with E-state index in [1.165, 1.54) is 11.1 Å². The molecule has 1 aromatic rings. The minimum atomic E-state index is -0.456. The number of hydrogen-bond acceptors (Lipinski definition) is 3. The molecule has 1 N–H and O–H groups in total. The molecule has 1 rings (SSSR count). The van der Waals surface area contributed by atoms with Crippen LogP contribution in [0.2, 0.25) is 0 Å². The maximum atomic E-state index is 10.3. The van der Waals surface area contributed by atoms with Gasteiger partial charge in [0.15, 0.2) is 0 Å². The summed E-state index contributed by atoms with van der Waals surface area (Å²) in [4.78, 5) is 2.32. The molecule has 0 fully saturated rings. The van der Waals surface area contributed by atoms with Crippen molar-refractivity contribution in [3.8, 4) is 0 Å². The largest absolute Gasteiger partial charge is 0.389 e. The molecule has 3 heteroatoms. The Hall–Kier alpha value is -0.900.